The maximum Gasteiger partial charge on any atom is 0 e. The van der Waals surface area contributed by atoms with Gasteiger partial charge in [0, 0.05) is 98.1 Å². The van der Waals surface area contributed by atoms with Gasteiger partial charge in [0.05, 0.1) is 0 Å². The van der Waals surface area contributed by atoms with E-state index in [0.717, 1.165) is 5.92 Å². The van der Waals surface area contributed by atoms with Gasteiger partial charge in [-0.15, -0.1) is 0 Å². The number of hydrogen-bond donors (Lipinski definition) is 0. The molecule has 1 aliphatic carbocycles. The third-order valence-electron chi connectivity index (χ3n) is 1.94. The zero-order valence-corrected chi connectivity index (χ0v) is 15.8. The third kappa shape index (κ3) is 8.32. The van der Waals surface area contributed by atoms with E-state index in [2.05, 4.69) is 20.3 Å². The summed E-state index contributed by atoms with van der Waals surface area (Å²) < 4.78 is 0. The van der Waals surface area contributed by atoms with E-state index in [4.69, 9.17) is 0 Å². The van der Waals surface area contributed by atoms with Crippen molar-refractivity contribution in [3.8, 4) is 0 Å². The van der Waals surface area contributed by atoms with E-state index in [9.17, 15) is 0 Å². The largest absolute Gasteiger partial charge is 0.343 e. The molecule has 2 atom stereocenters. The molecule has 1 fully saturated rings. The van der Waals surface area contributed by atoms with Crippen LogP contribution in [0.2, 0.25) is 0 Å². The summed E-state index contributed by atoms with van der Waals surface area (Å²) in [6, 6.07) is 0. The second-order valence-electron chi connectivity index (χ2n) is 2.81. The van der Waals surface area contributed by atoms with Gasteiger partial charge in [0.2, 0.25) is 0 Å². The van der Waals surface area contributed by atoms with E-state index < -0.39 is 0 Å². The average molecular weight is 377 g/mol. The second-order valence-corrected chi connectivity index (χ2v) is 2.81. The molecule has 3 radical (unpaired) electrons. The Balaban J connectivity index is -0.000000213. The van der Waals surface area contributed by atoms with Gasteiger partial charge in [-0.05, 0) is 0 Å². The fourth-order valence-electron chi connectivity index (χ4n) is 1.32. The standard InChI is InChI=1S/C8H14.3Y/c1-7(2)8-5-3-4-6-8;;;/h5,7-8H,1,3-4,6H2,2H3;;;/q-2;;;. The van der Waals surface area contributed by atoms with Crippen molar-refractivity contribution in [3.05, 3.63) is 13.3 Å². The van der Waals surface area contributed by atoms with Crippen molar-refractivity contribution in [3.63, 3.8) is 0 Å². The van der Waals surface area contributed by atoms with Crippen molar-refractivity contribution in [2.45, 2.75) is 26.2 Å². The predicted molar refractivity (Wildman–Crippen MR) is 36.2 cm³/mol. The van der Waals surface area contributed by atoms with Crippen LogP contribution in [0.5, 0.6) is 0 Å². The molecule has 0 spiro atoms. The first-order valence-corrected chi connectivity index (χ1v) is 3.47. The maximum atomic E-state index is 3.99. The van der Waals surface area contributed by atoms with Crippen LogP contribution in [0.25, 0.3) is 0 Å². The summed E-state index contributed by atoms with van der Waals surface area (Å²) >= 11 is 0. The van der Waals surface area contributed by atoms with Crippen LogP contribution in [0.15, 0.2) is 0 Å². The Bertz CT molecular complexity index is 67.7. The number of hydrogen-bond acceptors (Lipinski definition) is 0. The molecule has 0 heterocycles. The molecule has 0 bridgehead atoms. The summed E-state index contributed by atoms with van der Waals surface area (Å²) in [5, 5.41) is 0. The Hall–Kier alpha value is 3.31. The van der Waals surface area contributed by atoms with Gasteiger partial charge in [0.15, 0.2) is 0 Å². The van der Waals surface area contributed by atoms with Gasteiger partial charge in [-0.2, -0.15) is 18.3 Å². The van der Waals surface area contributed by atoms with Gasteiger partial charge in [-0.3, -0.25) is 0 Å². The zero-order valence-electron chi connectivity index (χ0n) is 7.29. The Morgan fingerprint density at radius 1 is 1.36 bits per heavy atom. The van der Waals surface area contributed by atoms with Gasteiger partial charge in [0.25, 0.3) is 0 Å². The summed E-state index contributed by atoms with van der Waals surface area (Å²) in [6.07, 6.45) is 6.51. The minimum Gasteiger partial charge on any atom is -0.343 e. The molecule has 11 heavy (non-hydrogen) atoms. The van der Waals surface area contributed by atoms with Crippen LogP contribution in [0.1, 0.15) is 26.2 Å². The fourth-order valence-corrected chi connectivity index (χ4v) is 1.32. The minimum absolute atomic E-state index is 0. The SMILES string of the molecule is [CH2-]C(C)C1[CH-]CCC1.[Y].[Y].[Y]. The second kappa shape index (κ2) is 11.4. The van der Waals surface area contributed by atoms with Crippen molar-refractivity contribution in [1.82, 2.24) is 0 Å². The van der Waals surface area contributed by atoms with Crippen LogP contribution in [-0.4, -0.2) is 0 Å². The predicted octanol–water partition coefficient (Wildman–Crippen LogP) is 2.45. The molecular formula is C8H14Y3-2. The van der Waals surface area contributed by atoms with E-state index in [-0.39, 0.29) is 98.1 Å². The molecule has 0 saturated heterocycles. The quantitative estimate of drug-likeness (QED) is 0.617. The first-order valence-electron chi connectivity index (χ1n) is 3.47. The Kier molecular flexibility index (Phi) is 20.5. The smallest absolute Gasteiger partial charge is 0 e. The molecule has 3 heteroatoms. The van der Waals surface area contributed by atoms with E-state index in [0.29, 0.717) is 5.92 Å². The Labute approximate surface area is 146 Å². The maximum absolute atomic E-state index is 3.99. The van der Waals surface area contributed by atoms with Gasteiger partial charge in [-0.1, -0.05) is 19.8 Å². The van der Waals surface area contributed by atoms with Crippen molar-refractivity contribution in [1.29, 1.82) is 0 Å². The van der Waals surface area contributed by atoms with Crippen LogP contribution in [0, 0.1) is 25.2 Å². The molecule has 0 aromatic rings. The van der Waals surface area contributed by atoms with Gasteiger partial charge in [0.1, 0.15) is 0 Å². The average Bonchev–Trinajstić information content (AvgIpc) is 2.12. The van der Waals surface area contributed by atoms with Crippen LogP contribution >= 0.6 is 0 Å². The Morgan fingerprint density at radius 2 is 1.91 bits per heavy atom. The summed E-state index contributed by atoms with van der Waals surface area (Å²) in [4.78, 5) is 0. The fraction of sp³-hybridized carbons (Fsp3) is 0.750. The molecule has 0 amide bonds. The van der Waals surface area contributed by atoms with Gasteiger partial charge in [-0.25, -0.2) is 0 Å². The molecule has 0 nitrogen and oxygen atoms in total. The molecule has 0 aliphatic heterocycles. The molecular weight excluding hydrogens is 363 g/mol. The first-order chi connectivity index (χ1) is 3.80. The topological polar surface area (TPSA) is 0 Å². The normalized spacial score (nSPS) is 24.0. The molecule has 2 unspecified atom stereocenters. The summed E-state index contributed by atoms with van der Waals surface area (Å²) in [5.41, 5.74) is 0. The van der Waals surface area contributed by atoms with Crippen molar-refractivity contribution >= 4 is 0 Å². The summed E-state index contributed by atoms with van der Waals surface area (Å²) in [6.45, 7) is 6.19. The molecule has 57 valence electrons. The molecule has 0 N–H and O–H groups in total. The molecule has 1 aliphatic rings. The summed E-state index contributed by atoms with van der Waals surface area (Å²) in [7, 11) is 0. The summed E-state index contributed by atoms with van der Waals surface area (Å²) in [5.74, 6) is 1.47. The van der Waals surface area contributed by atoms with Gasteiger partial charge >= 0.3 is 0 Å². The Morgan fingerprint density at radius 3 is 2.09 bits per heavy atom. The third-order valence-corrected chi connectivity index (χ3v) is 1.94. The molecule has 1 rings (SSSR count). The van der Waals surface area contributed by atoms with E-state index >= 15 is 0 Å². The van der Waals surface area contributed by atoms with Crippen LogP contribution in [0.3, 0.4) is 0 Å². The first kappa shape index (κ1) is 19.8. The van der Waals surface area contributed by atoms with Crippen molar-refractivity contribution in [2.24, 2.45) is 11.8 Å². The van der Waals surface area contributed by atoms with Gasteiger partial charge < -0.3 is 13.3 Å². The van der Waals surface area contributed by atoms with E-state index in [1.807, 2.05) is 0 Å². The van der Waals surface area contributed by atoms with E-state index in [1.54, 1.807) is 0 Å². The minimum atomic E-state index is 0. The number of rotatable bonds is 1. The van der Waals surface area contributed by atoms with Crippen LogP contribution in [0.4, 0.5) is 0 Å². The zero-order chi connectivity index (χ0) is 5.98. The van der Waals surface area contributed by atoms with Crippen LogP contribution in [-0.2, 0) is 98.1 Å². The van der Waals surface area contributed by atoms with Crippen LogP contribution < -0.4 is 0 Å². The molecule has 1 saturated carbocycles. The molecule has 0 aromatic heterocycles. The monoisotopic (exact) mass is 377 g/mol. The van der Waals surface area contributed by atoms with Crippen molar-refractivity contribution in [2.75, 3.05) is 0 Å². The van der Waals surface area contributed by atoms with Crippen molar-refractivity contribution < 1.29 is 98.1 Å². The van der Waals surface area contributed by atoms with E-state index in [1.165, 1.54) is 19.3 Å². The molecule has 0 aromatic carbocycles.